The van der Waals surface area contributed by atoms with Crippen LogP contribution in [0.3, 0.4) is 0 Å². The number of piperidine rings is 2. The molecule has 0 saturated carbocycles. The van der Waals surface area contributed by atoms with Crippen molar-refractivity contribution in [3.8, 4) is 23.3 Å². The Hall–Kier alpha value is -5.94. The molecule has 2 fully saturated rings. The van der Waals surface area contributed by atoms with E-state index in [1.807, 2.05) is 0 Å². The second kappa shape index (κ2) is 16.8. The molecule has 18 heteroatoms. The maximum absolute atomic E-state index is 13.2. The third kappa shape index (κ3) is 10.3. The van der Waals surface area contributed by atoms with Crippen LogP contribution in [0.1, 0.15) is 25.7 Å². The number of amides is 2. The molecule has 2 saturated heterocycles. The number of ether oxygens (including phenoxy) is 4. The molecule has 2 aliphatic heterocycles. The number of likely N-dealkylation sites (tertiary alicyclic amines) is 2. The molecule has 0 unspecified atom stereocenters. The number of aromatic nitrogens is 4. The summed E-state index contributed by atoms with van der Waals surface area (Å²) < 4.78 is 76.2. The highest BCUT2D eigenvalue weighted by molar-refractivity contribution is 5.70. The van der Waals surface area contributed by atoms with Crippen molar-refractivity contribution in [2.45, 2.75) is 37.9 Å². The number of hydrogen-bond donors (Lipinski definition) is 0. The molecule has 52 heavy (non-hydrogen) atoms. The highest BCUT2D eigenvalue weighted by atomic mass is 19.2. The van der Waals surface area contributed by atoms with Crippen LogP contribution in [0.15, 0.2) is 70.3 Å². The van der Waals surface area contributed by atoms with Gasteiger partial charge in [0.15, 0.2) is 11.6 Å². The maximum Gasteiger partial charge on any atom is 0.416 e. The standard InChI is InChI=1S/2C17H17F2N3O4/c1-21-16(23)3-2-15(20-21)26-17(24)22-6-4-13(5-7-22)25-14-9-11(18)8-12(19)10-14;1-21-16(23)5-4-15(20-21)26-17(24)22-8-6-11(7-9-22)25-12-2-3-13(18)14(19)10-12/h2-3,8-10,13H,4-7H2,1H3;2-5,10-11H,6-9H2,1H3. The van der Waals surface area contributed by atoms with Crippen molar-refractivity contribution in [2.24, 2.45) is 14.1 Å². The van der Waals surface area contributed by atoms with E-state index in [4.69, 9.17) is 18.9 Å². The summed E-state index contributed by atoms with van der Waals surface area (Å²) in [6.07, 6.45) is 0.426. The summed E-state index contributed by atoms with van der Waals surface area (Å²) in [5.74, 6) is -2.85. The van der Waals surface area contributed by atoms with E-state index in [0.29, 0.717) is 51.9 Å². The van der Waals surface area contributed by atoms with Gasteiger partial charge in [-0.2, -0.15) is 0 Å². The molecular formula is C34H34F4N6O8. The number of halogens is 4. The zero-order valence-corrected chi connectivity index (χ0v) is 28.0. The van der Waals surface area contributed by atoms with Crippen LogP contribution in [0, 0.1) is 23.3 Å². The smallest absolute Gasteiger partial charge is 0.416 e. The molecule has 0 radical (unpaired) electrons. The summed E-state index contributed by atoms with van der Waals surface area (Å²) in [5.41, 5.74) is -0.614. The van der Waals surface area contributed by atoms with Crippen molar-refractivity contribution in [3.63, 3.8) is 0 Å². The summed E-state index contributed by atoms with van der Waals surface area (Å²) in [4.78, 5) is 49.8. The van der Waals surface area contributed by atoms with Crippen LogP contribution in [0.2, 0.25) is 0 Å². The minimum absolute atomic E-state index is 0.0331. The fourth-order valence-electron chi connectivity index (χ4n) is 5.22. The topological polar surface area (TPSA) is 147 Å². The van der Waals surface area contributed by atoms with Gasteiger partial charge in [0.2, 0.25) is 11.8 Å². The lowest BCUT2D eigenvalue weighted by Gasteiger charge is -2.31. The Morgan fingerprint density at radius 1 is 0.596 bits per heavy atom. The van der Waals surface area contributed by atoms with Crippen LogP contribution in [-0.4, -0.2) is 79.9 Å². The fourth-order valence-corrected chi connectivity index (χ4v) is 5.22. The van der Waals surface area contributed by atoms with E-state index in [1.54, 1.807) is 0 Å². The summed E-state index contributed by atoms with van der Waals surface area (Å²) in [6.45, 7) is 1.51. The Kier molecular flexibility index (Phi) is 12.1. The summed E-state index contributed by atoms with van der Waals surface area (Å²) >= 11 is 0. The molecule has 0 atom stereocenters. The SMILES string of the molecule is Cn1nc(OC(=O)N2CCC(Oc3cc(F)cc(F)c3)CC2)ccc1=O.Cn1nc(OC(=O)N2CCC(Oc3ccc(F)c(F)c3)CC2)ccc1=O. The molecule has 0 spiro atoms. The van der Waals surface area contributed by atoms with Gasteiger partial charge in [0.1, 0.15) is 35.3 Å². The molecule has 276 valence electrons. The second-order valence-electron chi connectivity index (χ2n) is 11.8. The zero-order chi connectivity index (χ0) is 37.4. The third-order valence-electron chi connectivity index (χ3n) is 7.99. The predicted octanol–water partition coefficient (Wildman–Crippen LogP) is 4.20. The molecular weight excluding hydrogens is 696 g/mol. The van der Waals surface area contributed by atoms with Crippen molar-refractivity contribution in [1.82, 2.24) is 29.4 Å². The predicted molar refractivity (Wildman–Crippen MR) is 174 cm³/mol. The van der Waals surface area contributed by atoms with Gasteiger partial charge in [0.05, 0.1) is 0 Å². The normalized spacial score (nSPS) is 15.0. The van der Waals surface area contributed by atoms with Crippen molar-refractivity contribution in [3.05, 3.63) is 105 Å². The van der Waals surface area contributed by atoms with E-state index in [2.05, 4.69) is 10.2 Å². The monoisotopic (exact) mass is 730 g/mol. The maximum atomic E-state index is 13.2. The number of carbonyl (C=O) groups is 2. The lowest BCUT2D eigenvalue weighted by atomic mass is 10.1. The third-order valence-corrected chi connectivity index (χ3v) is 7.99. The van der Waals surface area contributed by atoms with Crippen LogP contribution >= 0.6 is 0 Å². The van der Waals surface area contributed by atoms with Crippen LogP contribution in [-0.2, 0) is 14.1 Å². The minimum atomic E-state index is -0.965. The first kappa shape index (κ1) is 37.3. The number of nitrogens with zero attached hydrogens (tertiary/aromatic N) is 6. The molecule has 2 aliphatic rings. The first-order valence-corrected chi connectivity index (χ1v) is 16.1. The van der Waals surface area contributed by atoms with Crippen molar-refractivity contribution >= 4 is 12.2 Å². The average Bonchev–Trinajstić information content (AvgIpc) is 3.10. The summed E-state index contributed by atoms with van der Waals surface area (Å²) in [6, 6.07) is 11.6. The van der Waals surface area contributed by atoms with Gasteiger partial charge >= 0.3 is 12.2 Å². The van der Waals surface area contributed by atoms with E-state index >= 15 is 0 Å². The fraction of sp³-hybridized carbons (Fsp3) is 0.353. The van der Waals surface area contributed by atoms with Gasteiger partial charge in [-0.05, 0) is 12.1 Å². The number of carbonyl (C=O) groups excluding carboxylic acids is 2. The molecule has 0 N–H and O–H groups in total. The van der Waals surface area contributed by atoms with Crippen molar-refractivity contribution < 1.29 is 46.1 Å². The van der Waals surface area contributed by atoms with Gasteiger partial charge in [-0.3, -0.25) is 9.59 Å². The average molecular weight is 731 g/mol. The van der Waals surface area contributed by atoms with Crippen LogP contribution in [0.5, 0.6) is 23.3 Å². The number of hydrogen-bond acceptors (Lipinski definition) is 10. The molecule has 2 aromatic carbocycles. The van der Waals surface area contributed by atoms with Crippen LogP contribution in [0.4, 0.5) is 27.2 Å². The first-order valence-electron chi connectivity index (χ1n) is 16.1. The Balaban J connectivity index is 0.000000201. The molecule has 2 aromatic heterocycles. The van der Waals surface area contributed by atoms with Crippen LogP contribution < -0.4 is 30.1 Å². The quantitative estimate of drug-likeness (QED) is 0.265. The van der Waals surface area contributed by atoms with Gasteiger partial charge < -0.3 is 28.7 Å². The number of rotatable bonds is 6. The highest BCUT2D eigenvalue weighted by Gasteiger charge is 2.27. The molecule has 0 aliphatic carbocycles. The van der Waals surface area contributed by atoms with Gasteiger partial charge in [-0.25, -0.2) is 36.5 Å². The van der Waals surface area contributed by atoms with Gasteiger partial charge in [-0.15, -0.1) is 10.2 Å². The van der Waals surface area contributed by atoms with Gasteiger partial charge in [-0.1, -0.05) is 0 Å². The van der Waals surface area contributed by atoms with E-state index in [9.17, 15) is 36.7 Å². The molecule has 2 amide bonds. The number of benzene rings is 2. The van der Waals surface area contributed by atoms with E-state index in [-0.39, 0.29) is 46.6 Å². The highest BCUT2D eigenvalue weighted by Crippen LogP contribution is 2.23. The lowest BCUT2D eigenvalue weighted by molar-refractivity contribution is 0.0909. The lowest BCUT2D eigenvalue weighted by Crippen LogP contribution is -2.43. The van der Waals surface area contributed by atoms with E-state index < -0.39 is 35.5 Å². The Morgan fingerprint density at radius 3 is 1.46 bits per heavy atom. The summed E-state index contributed by atoms with van der Waals surface area (Å²) in [7, 11) is 2.92. The van der Waals surface area contributed by atoms with Gasteiger partial charge in [0.25, 0.3) is 11.1 Å². The Morgan fingerprint density at radius 2 is 1.04 bits per heavy atom. The summed E-state index contributed by atoms with van der Waals surface area (Å²) in [5, 5.41) is 7.67. The van der Waals surface area contributed by atoms with Crippen molar-refractivity contribution in [1.29, 1.82) is 0 Å². The van der Waals surface area contributed by atoms with E-state index in [0.717, 1.165) is 39.7 Å². The molecule has 0 bridgehead atoms. The van der Waals surface area contributed by atoms with Crippen LogP contribution in [0.25, 0.3) is 0 Å². The molecule has 4 aromatic rings. The molecule has 6 rings (SSSR count). The zero-order valence-electron chi connectivity index (χ0n) is 28.0. The van der Waals surface area contributed by atoms with Gasteiger partial charge in [0, 0.05) is 114 Å². The molecule has 14 nitrogen and oxygen atoms in total. The Labute approximate surface area is 293 Å². The van der Waals surface area contributed by atoms with Crippen molar-refractivity contribution in [2.75, 3.05) is 26.2 Å². The largest absolute Gasteiger partial charge is 0.490 e. The Bertz CT molecular complexity index is 1990. The second-order valence-corrected chi connectivity index (χ2v) is 11.8. The minimum Gasteiger partial charge on any atom is -0.490 e. The molecule has 4 heterocycles. The number of aryl methyl sites for hydroxylation is 2. The first-order chi connectivity index (χ1) is 24.8. The van der Waals surface area contributed by atoms with E-state index in [1.165, 1.54) is 54.2 Å².